The van der Waals surface area contributed by atoms with Crippen LogP contribution in [0.15, 0.2) is 91.0 Å². The molecule has 0 aliphatic carbocycles. The van der Waals surface area contributed by atoms with Gasteiger partial charge in [0.15, 0.2) is 17.4 Å². The number of halogens is 5. The molecule has 5 nitrogen and oxygen atoms in total. The van der Waals surface area contributed by atoms with Crippen LogP contribution in [0.2, 0.25) is 0 Å². The van der Waals surface area contributed by atoms with E-state index in [1.165, 1.54) is 0 Å². The molecule has 0 radical (unpaired) electrons. The highest BCUT2D eigenvalue weighted by Crippen LogP contribution is 2.42. The molecule has 1 aromatic heterocycles. The lowest BCUT2D eigenvalue weighted by Gasteiger charge is -2.15. The summed E-state index contributed by atoms with van der Waals surface area (Å²) in [6.45, 7) is 0. The third-order valence-electron chi connectivity index (χ3n) is 6.29. The van der Waals surface area contributed by atoms with Crippen molar-refractivity contribution in [3.8, 4) is 22.8 Å². The number of aromatic nitrogens is 2. The molecule has 0 saturated heterocycles. The molecule has 0 aliphatic heterocycles. The standard InChI is InChI=1S/C28H15F5N2O3S/c29-22-14-21(24(15-23(22)30)38-39(36,37)28(31,32)33)27-34-25-19-12-6-4-10-17(19)18-11-5-7-13-20(18)26(25)35(27)16-8-2-1-3-9-16/h1-15H. The number of fused-ring (bicyclic) bond motifs is 6. The Bertz CT molecular complexity index is 2020. The fourth-order valence-corrected chi connectivity index (χ4v) is 5.12. The van der Waals surface area contributed by atoms with E-state index in [2.05, 4.69) is 9.17 Å². The second-order valence-electron chi connectivity index (χ2n) is 8.64. The Hall–Kier alpha value is -4.51. The molecule has 0 atom stereocenters. The molecule has 0 amide bonds. The molecule has 39 heavy (non-hydrogen) atoms. The SMILES string of the molecule is O=S(=O)(Oc1cc(F)c(F)cc1-c1nc2c3ccccc3c3ccccc3c2n1-c1ccccc1)C(F)(F)F. The molecule has 6 rings (SSSR count). The van der Waals surface area contributed by atoms with Gasteiger partial charge in [-0.25, -0.2) is 13.8 Å². The van der Waals surface area contributed by atoms with Crippen LogP contribution in [0.4, 0.5) is 22.0 Å². The van der Waals surface area contributed by atoms with E-state index in [1.54, 1.807) is 47.0 Å². The lowest BCUT2D eigenvalue weighted by atomic mass is 10.00. The average Bonchev–Trinajstić information content (AvgIpc) is 3.31. The van der Waals surface area contributed by atoms with Gasteiger partial charge < -0.3 is 4.18 Å². The lowest BCUT2D eigenvalue weighted by molar-refractivity contribution is -0.0500. The summed E-state index contributed by atoms with van der Waals surface area (Å²) in [5, 5.41) is 3.11. The van der Waals surface area contributed by atoms with Crippen molar-refractivity contribution in [1.82, 2.24) is 9.55 Å². The van der Waals surface area contributed by atoms with Gasteiger partial charge in [0, 0.05) is 22.5 Å². The normalized spacial score (nSPS) is 12.4. The summed E-state index contributed by atoms with van der Waals surface area (Å²) in [7, 11) is -6.21. The predicted molar refractivity (Wildman–Crippen MR) is 137 cm³/mol. The first-order chi connectivity index (χ1) is 18.6. The fraction of sp³-hybridized carbons (Fsp3) is 0.0357. The molecule has 0 unspecified atom stereocenters. The van der Waals surface area contributed by atoms with Gasteiger partial charge in [0.25, 0.3) is 0 Å². The van der Waals surface area contributed by atoms with E-state index in [1.807, 2.05) is 36.4 Å². The van der Waals surface area contributed by atoms with Crippen LogP contribution in [0.1, 0.15) is 0 Å². The zero-order valence-corrected chi connectivity index (χ0v) is 20.4. The van der Waals surface area contributed by atoms with Gasteiger partial charge in [0.1, 0.15) is 5.82 Å². The van der Waals surface area contributed by atoms with Gasteiger partial charge in [-0.15, -0.1) is 0 Å². The first-order valence-corrected chi connectivity index (χ1v) is 12.8. The summed E-state index contributed by atoms with van der Waals surface area (Å²) in [6.07, 6.45) is 0. The minimum Gasteiger partial charge on any atom is -0.375 e. The topological polar surface area (TPSA) is 61.2 Å². The largest absolute Gasteiger partial charge is 0.534 e. The summed E-state index contributed by atoms with van der Waals surface area (Å²) in [5.74, 6) is -4.23. The van der Waals surface area contributed by atoms with Crippen molar-refractivity contribution < 1.29 is 34.6 Å². The van der Waals surface area contributed by atoms with Crippen molar-refractivity contribution >= 4 is 42.7 Å². The van der Waals surface area contributed by atoms with E-state index in [4.69, 9.17) is 0 Å². The molecule has 0 N–H and O–H groups in total. The summed E-state index contributed by atoms with van der Waals surface area (Å²) in [4.78, 5) is 4.68. The van der Waals surface area contributed by atoms with Crippen molar-refractivity contribution in [2.75, 3.05) is 0 Å². The average molecular weight is 554 g/mol. The fourth-order valence-electron chi connectivity index (χ4n) is 4.65. The van der Waals surface area contributed by atoms with Crippen LogP contribution in [0, 0.1) is 11.6 Å². The van der Waals surface area contributed by atoms with Gasteiger partial charge in [0.2, 0.25) is 0 Å². The van der Waals surface area contributed by atoms with Crippen molar-refractivity contribution in [1.29, 1.82) is 0 Å². The Kier molecular flexibility index (Phi) is 5.58. The second-order valence-corrected chi connectivity index (χ2v) is 10.2. The van der Waals surface area contributed by atoms with Gasteiger partial charge >= 0.3 is 15.6 Å². The molecule has 0 spiro atoms. The molecule has 0 aliphatic rings. The third-order valence-corrected chi connectivity index (χ3v) is 7.26. The van der Waals surface area contributed by atoms with Gasteiger partial charge in [-0.1, -0.05) is 66.7 Å². The molecule has 196 valence electrons. The van der Waals surface area contributed by atoms with Crippen LogP contribution in [-0.4, -0.2) is 23.5 Å². The van der Waals surface area contributed by atoms with E-state index in [0.29, 0.717) is 28.2 Å². The molecule has 0 bridgehead atoms. The molecular weight excluding hydrogens is 539 g/mol. The molecule has 6 aromatic rings. The molecule has 11 heteroatoms. The maximum absolute atomic E-state index is 14.6. The van der Waals surface area contributed by atoms with E-state index in [-0.39, 0.29) is 11.9 Å². The summed E-state index contributed by atoms with van der Waals surface area (Å²) >= 11 is 0. The number of alkyl halides is 3. The van der Waals surface area contributed by atoms with E-state index < -0.39 is 38.6 Å². The number of rotatable bonds is 4. The Balaban J connectivity index is 1.79. The Morgan fingerprint density at radius 1 is 0.718 bits per heavy atom. The molecule has 1 heterocycles. The first-order valence-electron chi connectivity index (χ1n) is 11.4. The number of hydrogen-bond acceptors (Lipinski definition) is 4. The quantitative estimate of drug-likeness (QED) is 0.0980. The molecule has 5 aromatic carbocycles. The van der Waals surface area contributed by atoms with Gasteiger partial charge in [0.05, 0.1) is 16.6 Å². The summed E-state index contributed by atoms with van der Waals surface area (Å²) in [5.41, 5.74) is -4.86. The van der Waals surface area contributed by atoms with Crippen molar-refractivity contribution in [3.63, 3.8) is 0 Å². The molecule has 0 fully saturated rings. The highest BCUT2D eigenvalue weighted by Gasteiger charge is 2.49. The number of hydrogen-bond donors (Lipinski definition) is 0. The van der Waals surface area contributed by atoms with E-state index in [0.717, 1.165) is 16.2 Å². The third kappa shape index (κ3) is 3.97. The first kappa shape index (κ1) is 24.8. The zero-order chi connectivity index (χ0) is 27.5. The lowest BCUT2D eigenvalue weighted by Crippen LogP contribution is -2.28. The Morgan fingerprint density at radius 3 is 1.90 bits per heavy atom. The highest BCUT2D eigenvalue weighted by molar-refractivity contribution is 7.88. The Morgan fingerprint density at radius 2 is 1.26 bits per heavy atom. The minimum atomic E-state index is -6.21. The number of para-hydroxylation sites is 1. The number of imidazole rings is 1. The molecule has 0 saturated carbocycles. The van der Waals surface area contributed by atoms with Gasteiger partial charge in [-0.05, 0) is 29.0 Å². The van der Waals surface area contributed by atoms with Crippen LogP contribution < -0.4 is 4.18 Å². The monoisotopic (exact) mass is 554 g/mol. The van der Waals surface area contributed by atoms with Gasteiger partial charge in [-0.2, -0.15) is 21.6 Å². The van der Waals surface area contributed by atoms with E-state index in [9.17, 15) is 30.4 Å². The minimum absolute atomic E-state index is 0.149. The summed E-state index contributed by atoms with van der Waals surface area (Å²) in [6, 6.07) is 24.1. The van der Waals surface area contributed by atoms with Crippen LogP contribution in [0.25, 0.3) is 49.7 Å². The maximum Gasteiger partial charge on any atom is 0.534 e. The predicted octanol–water partition coefficient (Wildman–Crippen LogP) is 7.51. The molecular formula is C28H15F5N2O3S. The van der Waals surface area contributed by atoms with Crippen molar-refractivity contribution in [2.24, 2.45) is 0 Å². The number of benzene rings is 5. The van der Waals surface area contributed by atoms with Crippen LogP contribution in [-0.2, 0) is 10.1 Å². The van der Waals surface area contributed by atoms with Crippen LogP contribution >= 0.6 is 0 Å². The van der Waals surface area contributed by atoms with Crippen molar-refractivity contribution in [2.45, 2.75) is 5.51 Å². The van der Waals surface area contributed by atoms with Crippen LogP contribution in [0.3, 0.4) is 0 Å². The zero-order valence-electron chi connectivity index (χ0n) is 19.6. The number of nitrogens with zero attached hydrogens (tertiary/aromatic N) is 2. The maximum atomic E-state index is 14.6. The second kappa shape index (κ2) is 8.77. The smallest absolute Gasteiger partial charge is 0.375 e. The van der Waals surface area contributed by atoms with Crippen molar-refractivity contribution in [3.05, 3.63) is 103 Å². The van der Waals surface area contributed by atoms with Gasteiger partial charge in [-0.3, -0.25) is 4.57 Å². The van der Waals surface area contributed by atoms with Crippen LogP contribution in [0.5, 0.6) is 5.75 Å². The van der Waals surface area contributed by atoms with E-state index >= 15 is 0 Å². The summed E-state index contributed by atoms with van der Waals surface area (Å²) < 4.78 is 98.0. The Labute approximate surface area is 217 Å². The highest BCUT2D eigenvalue weighted by atomic mass is 32.2.